The zero-order valence-electron chi connectivity index (χ0n) is 16.2. The van der Waals surface area contributed by atoms with Crippen molar-refractivity contribution in [1.82, 2.24) is 9.80 Å². The molecular formula is C22H21F3N2O3. The molecule has 3 rings (SSSR count). The van der Waals surface area contributed by atoms with Crippen LogP contribution in [-0.4, -0.2) is 53.6 Å². The molecule has 0 aliphatic carbocycles. The largest absolute Gasteiger partial charge is 0.339 e. The lowest BCUT2D eigenvalue weighted by Gasteiger charge is -2.35. The maximum atomic E-state index is 13.3. The van der Waals surface area contributed by atoms with Crippen molar-refractivity contribution in [2.75, 3.05) is 26.2 Å². The molecule has 5 nitrogen and oxygen atoms in total. The molecule has 2 aromatic carbocycles. The first kappa shape index (κ1) is 21.5. The number of Topliss-reactive ketones (excluding diaryl/α,β-unsaturated/α-hetero) is 1. The van der Waals surface area contributed by atoms with Crippen LogP contribution in [0.2, 0.25) is 0 Å². The summed E-state index contributed by atoms with van der Waals surface area (Å²) < 4.78 is 39.2. The van der Waals surface area contributed by atoms with Gasteiger partial charge in [0.2, 0.25) is 11.8 Å². The maximum Gasteiger partial charge on any atom is 0.227 e. The van der Waals surface area contributed by atoms with Crippen molar-refractivity contribution in [3.05, 3.63) is 71.0 Å². The molecule has 2 amide bonds. The Hall–Kier alpha value is -3.16. The van der Waals surface area contributed by atoms with Gasteiger partial charge in [0.15, 0.2) is 17.4 Å². The first-order valence-electron chi connectivity index (χ1n) is 9.62. The summed E-state index contributed by atoms with van der Waals surface area (Å²) in [7, 11) is 0. The highest BCUT2D eigenvalue weighted by molar-refractivity contribution is 5.97. The van der Waals surface area contributed by atoms with E-state index in [9.17, 15) is 27.6 Å². The lowest BCUT2D eigenvalue weighted by Crippen LogP contribution is -2.51. The van der Waals surface area contributed by atoms with Gasteiger partial charge in [0.1, 0.15) is 5.82 Å². The highest BCUT2D eigenvalue weighted by atomic mass is 19.2. The molecule has 0 radical (unpaired) electrons. The van der Waals surface area contributed by atoms with Crippen LogP contribution in [0.4, 0.5) is 13.2 Å². The van der Waals surface area contributed by atoms with E-state index in [1.54, 1.807) is 9.80 Å². The maximum absolute atomic E-state index is 13.3. The molecule has 1 aliphatic rings. The van der Waals surface area contributed by atoms with E-state index < -0.39 is 17.5 Å². The van der Waals surface area contributed by atoms with Gasteiger partial charge < -0.3 is 9.80 Å². The van der Waals surface area contributed by atoms with Crippen LogP contribution in [0.3, 0.4) is 0 Å². The fraction of sp³-hybridized carbons (Fsp3) is 0.318. The van der Waals surface area contributed by atoms with E-state index in [0.29, 0.717) is 37.3 Å². The van der Waals surface area contributed by atoms with Crippen LogP contribution >= 0.6 is 0 Å². The third kappa shape index (κ3) is 5.46. The molecule has 0 unspecified atom stereocenters. The molecule has 0 N–H and O–H groups in total. The Kier molecular flexibility index (Phi) is 6.87. The van der Waals surface area contributed by atoms with Gasteiger partial charge in [-0.3, -0.25) is 14.4 Å². The van der Waals surface area contributed by atoms with Crippen LogP contribution in [0.15, 0.2) is 42.5 Å². The molecule has 1 saturated heterocycles. The first-order valence-corrected chi connectivity index (χ1v) is 9.62. The number of ketones is 1. The van der Waals surface area contributed by atoms with Gasteiger partial charge in [0.05, 0.1) is 6.42 Å². The van der Waals surface area contributed by atoms with E-state index >= 15 is 0 Å². The Morgan fingerprint density at radius 3 is 1.93 bits per heavy atom. The minimum atomic E-state index is -0.995. The lowest BCUT2D eigenvalue weighted by molar-refractivity contribution is -0.139. The molecule has 0 saturated carbocycles. The molecule has 158 valence electrons. The summed E-state index contributed by atoms with van der Waals surface area (Å²) in [4.78, 5) is 40.0. The zero-order valence-corrected chi connectivity index (χ0v) is 16.2. The quantitative estimate of drug-likeness (QED) is 0.678. The van der Waals surface area contributed by atoms with E-state index in [1.807, 2.05) is 0 Å². The summed E-state index contributed by atoms with van der Waals surface area (Å²) >= 11 is 0. The van der Waals surface area contributed by atoms with E-state index in [1.165, 1.54) is 30.3 Å². The molecule has 0 atom stereocenters. The van der Waals surface area contributed by atoms with E-state index in [0.717, 1.165) is 12.1 Å². The predicted molar refractivity (Wildman–Crippen MR) is 103 cm³/mol. The molecule has 30 heavy (non-hydrogen) atoms. The van der Waals surface area contributed by atoms with Crippen LogP contribution in [0.25, 0.3) is 0 Å². The van der Waals surface area contributed by atoms with Crippen molar-refractivity contribution >= 4 is 17.6 Å². The molecular weight excluding hydrogens is 397 g/mol. The Balaban J connectivity index is 1.44. The Morgan fingerprint density at radius 2 is 1.33 bits per heavy atom. The number of hydrogen-bond donors (Lipinski definition) is 0. The molecule has 0 bridgehead atoms. The summed E-state index contributed by atoms with van der Waals surface area (Å²) in [6, 6.07) is 8.54. The number of amides is 2. The fourth-order valence-corrected chi connectivity index (χ4v) is 3.30. The van der Waals surface area contributed by atoms with E-state index in [-0.39, 0.29) is 36.9 Å². The zero-order chi connectivity index (χ0) is 21.7. The number of carbonyl (C=O) groups excluding carboxylic acids is 3. The van der Waals surface area contributed by atoms with Crippen molar-refractivity contribution in [2.45, 2.75) is 19.3 Å². The molecule has 1 heterocycles. The normalized spacial score (nSPS) is 14.0. The first-order chi connectivity index (χ1) is 14.3. The number of halogens is 3. The molecule has 0 spiro atoms. The second kappa shape index (κ2) is 9.56. The van der Waals surface area contributed by atoms with Gasteiger partial charge in [-0.15, -0.1) is 0 Å². The number of benzene rings is 2. The smallest absolute Gasteiger partial charge is 0.227 e. The number of rotatable bonds is 6. The topological polar surface area (TPSA) is 57.7 Å². The highest BCUT2D eigenvalue weighted by Gasteiger charge is 2.24. The van der Waals surface area contributed by atoms with Gasteiger partial charge in [0.25, 0.3) is 0 Å². The lowest BCUT2D eigenvalue weighted by atomic mass is 10.1. The minimum Gasteiger partial charge on any atom is -0.339 e. The van der Waals surface area contributed by atoms with Gasteiger partial charge in [0, 0.05) is 44.6 Å². The summed E-state index contributed by atoms with van der Waals surface area (Å²) in [5.41, 5.74) is 0.744. The van der Waals surface area contributed by atoms with E-state index in [4.69, 9.17) is 0 Å². The van der Waals surface area contributed by atoms with Crippen LogP contribution in [0.1, 0.15) is 28.8 Å². The monoisotopic (exact) mass is 418 g/mol. The molecule has 1 fully saturated rings. The summed E-state index contributed by atoms with van der Waals surface area (Å²) in [6.07, 6.45) is 0.0239. The van der Waals surface area contributed by atoms with Crippen molar-refractivity contribution in [2.24, 2.45) is 0 Å². The third-order valence-electron chi connectivity index (χ3n) is 5.06. The average Bonchev–Trinajstić information content (AvgIpc) is 2.75. The van der Waals surface area contributed by atoms with Gasteiger partial charge >= 0.3 is 0 Å². The van der Waals surface area contributed by atoms with Gasteiger partial charge in [-0.2, -0.15) is 0 Å². The SMILES string of the molecule is O=C(CCC(=O)N1CCN(C(=O)Cc2ccc(F)c(F)c2)CC1)c1ccc(F)cc1. The van der Waals surface area contributed by atoms with Crippen molar-refractivity contribution < 1.29 is 27.6 Å². The molecule has 8 heteroatoms. The Labute approximate surface area is 172 Å². The van der Waals surface area contributed by atoms with Crippen LogP contribution in [0, 0.1) is 17.5 Å². The van der Waals surface area contributed by atoms with Crippen molar-refractivity contribution in [3.63, 3.8) is 0 Å². The molecule has 2 aromatic rings. The number of hydrogen-bond acceptors (Lipinski definition) is 3. The fourth-order valence-electron chi connectivity index (χ4n) is 3.30. The van der Waals surface area contributed by atoms with Crippen LogP contribution in [-0.2, 0) is 16.0 Å². The number of nitrogens with zero attached hydrogens (tertiary/aromatic N) is 2. The second-order valence-corrected chi connectivity index (χ2v) is 7.12. The van der Waals surface area contributed by atoms with Gasteiger partial charge in [-0.25, -0.2) is 13.2 Å². The highest BCUT2D eigenvalue weighted by Crippen LogP contribution is 2.13. The van der Waals surface area contributed by atoms with E-state index in [2.05, 4.69) is 0 Å². The van der Waals surface area contributed by atoms with Crippen molar-refractivity contribution in [1.29, 1.82) is 0 Å². The number of piperazine rings is 1. The molecule has 0 aromatic heterocycles. The predicted octanol–water partition coefficient (Wildman–Crippen LogP) is 2.98. The van der Waals surface area contributed by atoms with Gasteiger partial charge in [-0.05, 0) is 42.0 Å². The van der Waals surface area contributed by atoms with Crippen molar-refractivity contribution in [3.8, 4) is 0 Å². The Morgan fingerprint density at radius 1 is 0.733 bits per heavy atom. The second-order valence-electron chi connectivity index (χ2n) is 7.12. The summed E-state index contributed by atoms with van der Waals surface area (Å²) in [5, 5.41) is 0. The van der Waals surface area contributed by atoms with Crippen LogP contribution < -0.4 is 0 Å². The standard InChI is InChI=1S/C22H21F3N2O3/c23-17-4-2-16(3-5-17)20(28)7-8-21(29)26-9-11-27(12-10-26)22(30)14-15-1-6-18(24)19(25)13-15/h1-6,13H,7-12,14H2. The Bertz CT molecular complexity index is 939. The third-order valence-corrected chi connectivity index (χ3v) is 5.06. The average molecular weight is 418 g/mol. The van der Waals surface area contributed by atoms with Gasteiger partial charge in [-0.1, -0.05) is 6.07 Å². The minimum absolute atomic E-state index is 0.0275. The number of carbonyl (C=O) groups is 3. The van der Waals surface area contributed by atoms with Crippen LogP contribution in [0.5, 0.6) is 0 Å². The summed E-state index contributed by atoms with van der Waals surface area (Å²) in [5.74, 6) is -3.02. The molecule has 1 aliphatic heterocycles. The summed E-state index contributed by atoms with van der Waals surface area (Å²) in [6.45, 7) is 1.35.